The second kappa shape index (κ2) is 8.37. The molecule has 1 aliphatic carbocycles. The molecule has 1 saturated carbocycles. The number of para-hydroxylation sites is 1. The number of fused-ring (bicyclic) bond motifs is 2. The van der Waals surface area contributed by atoms with Gasteiger partial charge in [-0.2, -0.15) is 0 Å². The quantitative estimate of drug-likeness (QED) is 0.711. The third kappa shape index (κ3) is 4.15. The van der Waals surface area contributed by atoms with Crippen LogP contribution < -0.4 is 16.2 Å². The van der Waals surface area contributed by atoms with Crippen LogP contribution in [0.4, 0.5) is 0 Å². The monoisotopic (exact) mass is 392 g/mol. The number of nitrogens with zero attached hydrogens (tertiary/aromatic N) is 2. The Hall–Kier alpha value is -1.96. The van der Waals surface area contributed by atoms with Gasteiger partial charge in [0.1, 0.15) is 0 Å². The number of rotatable bonds is 4. The van der Waals surface area contributed by atoms with Gasteiger partial charge >= 0.3 is 0 Å². The van der Waals surface area contributed by atoms with Crippen molar-refractivity contribution < 1.29 is 9.90 Å². The maximum Gasteiger partial charge on any atom is 0.261 e. The van der Waals surface area contributed by atoms with Crippen molar-refractivity contribution in [3.8, 4) is 0 Å². The second-order valence-corrected chi connectivity index (χ2v) is 7.40. The average molecular weight is 393 g/mol. The van der Waals surface area contributed by atoms with E-state index in [9.17, 15) is 14.7 Å². The van der Waals surface area contributed by atoms with Crippen molar-refractivity contribution in [3.63, 3.8) is 0 Å². The minimum absolute atomic E-state index is 0. The predicted octanol–water partition coefficient (Wildman–Crippen LogP) is 0.683. The first-order valence-corrected chi connectivity index (χ1v) is 9.24. The molecule has 1 aromatic carbocycles. The van der Waals surface area contributed by atoms with E-state index in [1.165, 1.54) is 10.9 Å². The number of aliphatic hydroxyl groups excluding tert-OH is 1. The molecule has 0 bridgehead atoms. The summed E-state index contributed by atoms with van der Waals surface area (Å²) in [4.78, 5) is 29.0. The van der Waals surface area contributed by atoms with Crippen LogP contribution in [0.15, 0.2) is 35.4 Å². The fourth-order valence-corrected chi connectivity index (χ4v) is 4.22. The smallest absolute Gasteiger partial charge is 0.261 e. The Morgan fingerprint density at radius 3 is 2.81 bits per heavy atom. The molecule has 1 aromatic heterocycles. The van der Waals surface area contributed by atoms with Crippen molar-refractivity contribution in [1.29, 1.82) is 0 Å². The molecule has 3 N–H and O–H groups in total. The summed E-state index contributed by atoms with van der Waals surface area (Å²) in [7, 11) is 0. The van der Waals surface area contributed by atoms with Gasteiger partial charge in [-0.15, -0.1) is 12.4 Å². The fraction of sp³-hybridized carbons (Fsp3) is 0.526. The summed E-state index contributed by atoms with van der Waals surface area (Å²) in [6.45, 7) is 2.20. The number of carbonyl (C=O) groups excluding carboxylic acids is 1. The molecule has 8 heteroatoms. The van der Waals surface area contributed by atoms with E-state index in [1.54, 1.807) is 18.2 Å². The molecule has 1 saturated heterocycles. The van der Waals surface area contributed by atoms with Crippen LogP contribution in [0.2, 0.25) is 0 Å². The van der Waals surface area contributed by atoms with Crippen molar-refractivity contribution in [2.75, 3.05) is 13.1 Å². The van der Waals surface area contributed by atoms with Crippen molar-refractivity contribution >= 4 is 29.2 Å². The molecule has 1 aliphatic heterocycles. The molecular formula is C19H25ClN4O3. The summed E-state index contributed by atoms with van der Waals surface area (Å²) < 4.78 is 1.47. The minimum atomic E-state index is -0.495. The van der Waals surface area contributed by atoms with E-state index >= 15 is 0 Å². The van der Waals surface area contributed by atoms with Gasteiger partial charge in [0.25, 0.3) is 5.56 Å². The van der Waals surface area contributed by atoms with E-state index < -0.39 is 6.10 Å². The lowest BCUT2D eigenvalue weighted by Gasteiger charge is -2.35. The van der Waals surface area contributed by atoms with Gasteiger partial charge in [-0.1, -0.05) is 12.1 Å². The zero-order chi connectivity index (χ0) is 18.1. The summed E-state index contributed by atoms with van der Waals surface area (Å²) in [5, 5.41) is 17.2. The summed E-state index contributed by atoms with van der Waals surface area (Å²) in [6.07, 6.45) is 2.72. The lowest BCUT2D eigenvalue weighted by Crippen LogP contribution is -2.49. The van der Waals surface area contributed by atoms with Crippen molar-refractivity contribution in [2.45, 2.75) is 38.0 Å². The molecule has 7 nitrogen and oxygen atoms in total. The summed E-state index contributed by atoms with van der Waals surface area (Å²) in [6, 6.07) is 6.98. The molecular weight excluding hydrogens is 368 g/mol. The Morgan fingerprint density at radius 1 is 1.26 bits per heavy atom. The van der Waals surface area contributed by atoms with Crippen molar-refractivity contribution in [1.82, 2.24) is 20.2 Å². The van der Waals surface area contributed by atoms with Crippen LogP contribution in [0.25, 0.3) is 10.9 Å². The molecule has 0 unspecified atom stereocenters. The number of benzene rings is 1. The van der Waals surface area contributed by atoms with Crippen LogP contribution in [0, 0.1) is 11.8 Å². The van der Waals surface area contributed by atoms with E-state index in [4.69, 9.17) is 0 Å². The predicted molar refractivity (Wildman–Crippen MR) is 105 cm³/mol. The van der Waals surface area contributed by atoms with Gasteiger partial charge in [-0.3, -0.25) is 14.2 Å². The average Bonchev–Trinajstić information content (AvgIpc) is 3.09. The molecule has 0 radical (unpaired) electrons. The first-order valence-electron chi connectivity index (χ1n) is 9.24. The number of aliphatic hydroxyl groups is 1. The Balaban J connectivity index is 0.00000210. The number of nitrogens with one attached hydrogen (secondary N) is 2. The topological polar surface area (TPSA) is 96.2 Å². The van der Waals surface area contributed by atoms with Crippen molar-refractivity contribution in [3.05, 3.63) is 40.9 Å². The third-order valence-corrected chi connectivity index (χ3v) is 5.70. The number of amides is 1. The van der Waals surface area contributed by atoms with Gasteiger partial charge in [-0.05, 0) is 49.9 Å². The highest BCUT2D eigenvalue weighted by Gasteiger charge is 2.39. The lowest BCUT2D eigenvalue weighted by atomic mass is 9.77. The Kier molecular flexibility index (Phi) is 6.14. The summed E-state index contributed by atoms with van der Waals surface area (Å²) in [5.74, 6) is 0.898. The number of hydrogen-bond donors (Lipinski definition) is 3. The Bertz CT molecular complexity index is 871. The zero-order valence-electron chi connectivity index (χ0n) is 15.0. The highest BCUT2D eigenvalue weighted by atomic mass is 35.5. The molecule has 1 amide bonds. The fourth-order valence-electron chi connectivity index (χ4n) is 4.22. The van der Waals surface area contributed by atoms with Gasteiger partial charge in [0, 0.05) is 13.0 Å². The Morgan fingerprint density at radius 2 is 2.00 bits per heavy atom. The SMILES string of the molecule is Cl.O=C(CCn1cnc2ccccc2c1=O)N[C@H]1C[C@H]2CNC[C@H]2C[C@@H]1O. The Labute approximate surface area is 163 Å². The number of carbonyl (C=O) groups is 1. The second-order valence-electron chi connectivity index (χ2n) is 7.40. The highest BCUT2D eigenvalue weighted by Crippen LogP contribution is 2.32. The molecule has 2 aromatic rings. The molecule has 2 heterocycles. The minimum Gasteiger partial charge on any atom is -0.391 e. The summed E-state index contributed by atoms with van der Waals surface area (Å²) >= 11 is 0. The van der Waals surface area contributed by atoms with E-state index in [-0.39, 0.29) is 42.9 Å². The zero-order valence-corrected chi connectivity index (χ0v) is 15.8. The third-order valence-electron chi connectivity index (χ3n) is 5.70. The standard InChI is InChI=1S/C19H24N4O3.ClH/c24-17-8-13-10-20-9-12(13)7-16(17)22-18(25)5-6-23-11-21-15-4-2-1-3-14(15)19(23)26;/h1-4,11-13,16-17,20,24H,5-10H2,(H,22,25);1H/t12-,13+,16-,17-;/m0./s1. The maximum atomic E-state index is 12.5. The molecule has 27 heavy (non-hydrogen) atoms. The first-order chi connectivity index (χ1) is 12.6. The van der Waals surface area contributed by atoms with Gasteiger partial charge in [0.05, 0.1) is 29.4 Å². The number of aromatic nitrogens is 2. The molecule has 2 aliphatic rings. The van der Waals surface area contributed by atoms with E-state index in [0.717, 1.165) is 25.9 Å². The highest BCUT2D eigenvalue weighted by molar-refractivity contribution is 5.85. The van der Waals surface area contributed by atoms with Crippen LogP contribution in [-0.2, 0) is 11.3 Å². The van der Waals surface area contributed by atoms with Crippen LogP contribution in [0.3, 0.4) is 0 Å². The van der Waals surface area contributed by atoms with Gasteiger partial charge < -0.3 is 15.7 Å². The number of hydrogen-bond acceptors (Lipinski definition) is 5. The van der Waals surface area contributed by atoms with E-state index in [0.29, 0.717) is 22.7 Å². The van der Waals surface area contributed by atoms with Crippen LogP contribution in [0.5, 0.6) is 0 Å². The van der Waals surface area contributed by atoms with E-state index in [2.05, 4.69) is 15.6 Å². The molecule has 2 fully saturated rings. The number of aryl methyl sites for hydroxylation is 1. The largest absolute Gasteiger partial charge is 0.391 e. The first kappa shape index (κ1) is 19.8. The summed E-state index contributed by atoms with van der Waals surface area (Å²) in [5.41, 5.74) is 0.518. The van der Waals surface area contributed by atoms with Crippen molar-refractivity contribution in [2.24, 2.45) is 11.8 Å². The van der Waals surface area contributed by atoms with E-state index in [1.807, 2.05) is 6.07 Å². The van der Waals surface area contributed by atoms with Crippen LogP contribution >= 0.6 is 12.4 Å². The maximum absolute atomic E-state index is 12.5. The van der Waals surface area contributed by atoms with Crippen LogP contribution in [-0.4, -0.2) is 45.8 Å². The normalized spacial score (nSPS) is 27.0. The van der Waals surface area contributed by atoms with Crippen LogP contribution in [0.1, 0.15) is 19.3 Å². The lowest BCUT2D eigenvalue weighted by molar-refractivity contribution is -0.123. The molecule has 4 rings (SSSR count). The van der Waals surface area contributed by atoms with Gasteiger partial charge in [-0.25, -0.2) is 4.98 Å². The van der Waals surface area contributed by atoms with Gasteiger partial charge in [0.15, 0.2) is 0 Å². The number of halogens is 1. The molecule has 146 valence electrons. The molecule has 0 spiro atoms. The molecule has 4 atom stereocenters. The van der Waals surface area contributed by atoms with Gasteiger partial charge in [0.2, 0.25) is 5.91 Å².